The van der Waals surface area contributed by atoms with Crippen molar-refractivity contribution >= 4 is 5.91 Å². The fourth-order valence-corrected chi connectivity index (χ4v) is 2.66. The highest BCUT2D eigenvalue weighted by molar-refractivity contribution is 5.94. The molecule has 0 bridgehead atoms. The summed E-state index contributed by atoms with van der Waals surface area (Å²) in [7, 11) is 1.98. The predicted molar refractivity (Wildman–Crippen MR) is 84.7 cm³/mol. The average Bonchev–Trinajstić information content (AvgIpc) is 2.54. The molecule has 0 unspecified atom stereocenters. The van der Waals surface area contributed by atoms with Crippen molar-refractivity contribution in [2.75, 3.05) is 33.3 Å². The number of carbonyl (C=O) groups excluding carboxylic acids is 1. The van der Waals surface area contributed by atoms with Crippen LogP contribution in [0.15, 0.2) is 36.9 Å². The van der Waals surface area contributed by atoms with Gasteiger partial charge in [-0.15, -0.1) is 0 Å². The lowest BCUT2D eigenvalue weighted by Gasteiger charge is -2.32. The molecule has 1 aliphatic rings. The summed E-state index contributed by atoms with van der Waals surface area (Å²) in [6.45, 7) is 6.82. The zero-order chi connectivity index (χ0) is 15.1. The standard InChI is InChI=1S/C17H24N2O2/c1-3-12-21-16-6-4-15(5-7-16)17(20)19-10-8-14(9-11-19)13-18-2/h3-7,14,18H,1,8-13H2,2H3. The van der Waals surface area contributed by atoms with Crippen LogP contribution in [0.3, 0.4) is 0 Å². The van der Waals surface area contributed by atoms with Crippen LogP contribution in [-0.2, 0) is 0 Å². The van der Waals surface area contributed by atoms with Crippen LogP contribution in [0.5, 0.6) is 5.75 Å². The highest BCUT2D eigenvalue weighted by Crippen LogP contribution is 2.19. The summed E-state index contributed by atoms with van der Waals surface area (Å²) in [5.41, 5.74) is 0.730. The van der Waals surface area contributed by atoms with Gasteiger partial charge in [-0.05, 0) is 56.6 Å². The molecule has 1 N–H and O–H groups in total. The number of rotatable bonds is 6. The van der Waals surface area contributed by atoms with E-state index in [-0.39, 0.29) is 5.91 Å². The molecule has 2 rings (SSSR count). The second-order valence-electron chi connectivity index (χ2n) is 5.42. The number of amides is 1. The topological polar surface area (TPSA) is 41.6 Å². The Morgan fingerprint density at radius 1 is 1.38 bits per heavy atom. The number of piperidine rings is 1. The lowest BCUT2D eigenvalue weighted by atomic mass is 9.96. The van der Waals surface area contributed by atoms with Crippen molar-refractivity contribution in [3.8, 4) is 5.75 Å². The number of ether oxygens (including phenoxy) is 1. The van der Waals surface area contributed by atoms with Crippen LogP contribution in [0.4, 0.5) is 0 Å². The van der Waals surface area contributed by atoms with Gasteiger partial charge in [0.05, 0.1) is 0 Å². The Morgan fingerprint density at radius 3 is 2.62 bits per heavy atom. The molecule has 0 aromatic heterocycles. The van der Waals surface area contributed by atoms with E-state index in [4.69, 9.17) is 4.74 Å². The van der Waals surface area contributed by atoms with Crippen LogP contribution in [0.1, 0.15) is 23.2 Å². The zero-order valence-electron chi connectivity index (χ0n) is 12.7. The molecular weight excluding hydrogens is 264 g/mol. The van der Waals surface area contributed by atoms with Crippen molar-refractivity contribution in [3.05, 3.63) is 42.5 Å². The summed E-state index contributed by atoms with van der Waals surface area (Å²) in [5.74, 6) is 1.57. The van der Waals surface area contributed by atoms with Gasteiger partial charge in [-0.1, -0.05) is 12.7 Å². The van der Waals surface area contributed by atoms with E-state index in [9.17, 15) is 4.79 Å². The smallest absolute Gasteiger partial charge is 0.253 e. The minimum absolute atomic E-state index is 0.119. The molecule has 0 saturated carbocycles. The first-order valence-electron chi connectivity index (χ1n) is 7.52. The molecule has 1 fully saturated rings. The summed E-state index contributed by atoms with van der Waals surface area (Å²) < 4.78 is 5.43. The number of hydrogen-bond donors (Lipinski definition) is 1. The maximum atomic E-state index is 12.4. The second-order valence-corrected chi connectivity index (χ2v) is 5.42. The lowest BCUT2D eigenvalue weighted by molar-refractivity contribution is 0.0691. The molecule has 1 aromatic carbocycles. The highest BCUT2D eigenvalue weighted by Gasteiger charge is 2.23. The lowest BCUT2D eigenvalue weighted by Crippen LogP contribution is -2.40. The van der Waals surface area contributed by atoms with E-state index in [2.05, 4.69) is 11.9 Å². The first kappa shape index (κ1) is 15.6. The fourth-order valence-electron chi connectivity index (χ4n) is 2.66. The quantitative estimate of drug-likeness (QED) is 0.817. The van der Waals surface area contributed by atoms with E-state index in [0.717, 1.165) is 43.8 Å². The zero-order valence-corrected chi connectivity index (χ0v) is 12.7. The molecule has 114 valence electrons. The molecule has 1 aromatic rings. The van der Waals surface area contributed by atoms with Crippen molar-refractivity contribution in [1.82, 2.24) is 10.2 Å². The van der Waals surface area contributed by atoms with Crippen molar-refractivity contribution in [1.29, 1.82) is 0 Å². The van der Waals surface area contributed by atoms with Gasteiger partial charge in [-0.2, -0.15) is 0 Å². The summed E-state index contributed by atoms with van der Waals surface area (Å²) in [6.07, 6.45) is 3.86. The molecular formula is C17H24N2O2. The second kappa shape index (κ2) is 7.84. The molecule has 4 heteroatoms. The number of hydrogen-bond acceptors (Lipinski definition) is 3. The average molecular weight is 288 g/mol. The van der Waals surface area contributed by atoms with Crippen LogP contribution < -0.4 is 10.1 Å². The summed E-state index contributed by atoms with van der Waals surface area (Å²) in [5, 5.41) is 3.21. The number of benzene rings is 1. The van der Waals surface area contributed by atoms with Gasteiger partial charge in [0.15, 0.2) is 0 Å². The van der Waals surface area contributed by atoms with Crippen molar-refractivity contribution in [2.24, 2.45) is 5.92 Å². The first-order valence-corrected chi connectivity index (χ1v) is 7.52. The van der Waals surface area contributed by atoms with Crippen molar-refractivity contribution in [2.45, 2.75) is 12.8 Å². The summed E-state index contributed by atoms with van der Waals surface area (Å²) in [6, 6.07) is 7.34. The van der Waals surface area contributed by atoms with E-state index in [1.165, 1.54) is 0 Å². The number of nitrogens with one attached hydrogen (secondary N) is 1. The third-order valence-electron chi connectivity index (χ3n) is 3.86. The maximum absolute atomic E-state index is 12.4. The van der Waals surface area contributed by atoms with Crippen LogP contribution >= 0.6 is 0 Å². The fraction of sp³-hybridized carbons (Fsp3) is 0.471. The Balaban J connectivity index is 1.90. The molecule has 0 spiro atoms. The van der Waals surface area contributed by atoms with E-state index in [0.29, 0.717) is 12.5 Å². The first-order chi connectivity index (χ1) is 10.2. The van der Waals surface area contributed by atoms with E-state index < -0.39 is 0 Å². The normalized spacial score (nSPS) is 15.8. The predicted octanol–water partition coefficient (Wildman–Crippen LogP) is 2.32. The van der Waals surface area contributed by atoms with Gasteiger partial charge in [0.1, 0.15) is 12.4 Å². The molecule has 1 amide bonds. The Hall–Kier alpha value is -1.81. The van der Waals surface area contributed by atoms with Crippen molar-refractivity contribution < 1.29 is 9.53 Å². The van der Waals surface area contributed by atoms with Gasteiger partial charge in [0.2, 0.25) is 0 Å². The molecule has 21 heavy (non-hydrogen) atoms. The SMILES string of the molecule is C=CCOc1ccc(C(=O)N2CCC(CNC)CC2)cc1. The van der Waals surface area contributed by atoms with Gasteiger partial charge >= 0.3 is 0 Å². The van der Waals surface area contributed by atoms with Crippen LogP contribution in [-0.4, -0.2) is 44.1 Å². The maximum Gasteiger partial charge on any atom is 0.253 e. The molecule has 4 nitrogen and oxygen atoms in total. The van der Waals surface area contributed by atoms with Gasteiger partial charge in [0, 0.05) is 18.7 Å². The highest BCUT2D eigenvalue weighted by atomic mass is 16.5. The van der Waals surface area contributed by atoms with Crippen molar-refractivity contribution in [3.63, 3.8) is 0 Å². The minimum Gasteiger partial charge on any atom is -0.490 e. The molecule has 0 aliphatic carbocycles. The molecule has 0 radical (unpaired) electrons. The van der Waals surface area contributed by atoms with E-state index in [1.54, 1.807) is 6.08 Å². The number of nitrogens with zero attached hydrogens (tertiary/aromatic N) is 1. The van der Waals surface area contributed by atoms with Gasteiger partial charge < -0.3 is 15.0 Å². The van der Waals surface area contributed by atoms with Gasteiger partial charge in [0.25, 0.3) is 5.91 Å². The van der Waals surface area contributed by atoms with Crippen LogP contribution in [0, 0.1) is 5.92 Å². The van der Waals surface area contributed by atoms with Gasteiger partial charge in [-0.3, -0.25) is 4.79 Å². The Bertz CT molecular complexity index is 462. The summed E-state index contributed by atoms with van der Waals surface area (Å²) >= 11 is 0. The largest absolute Gasteiger partial charge is 0.490 e. The van der Waals surface area contributed by atoms with E-state index >= 15 is 0 Å². The summed E-state index contributed by atoms with van der Waals surface area (Å²) in [4.78, 5) is 14.4. The Kier molecular flexibility index (Phi) is 5.81. The monoisotopic (exact) mass is 288 g/mol. The van der Waals surface area contributed by atoms with E-state index in [1.807, 2.05) is 36.2 Å². The molecule has 1 aliphatic heterocycles. The molecule has 1 saturated heterocycles. The number of likely N-dealkylation sites (tertiary alicyclic amines) is 1. The number of carbonyl (C=O) groups is 1. The molecule has 1 heterocycles. The third kappa shape index (κ3) is 4.33. The molecule has 0 atom stereocenters. The van der Waals surface area contributed by atoms with Gasteiger partial charge in [-0.25, -0.2) is 0 Å². The Labute approximate surface area is 126 Å². The minimum atomic E-state index is 0.119. The van der Waals surface area contributed by atoms with Crippen LogP contribution in [0.25, 0.3) is 0 Å². The Morgan fingerprint density at radius 2 is 2.05 bits per heavy atom. The third-order valence-corrected chi connectivity index (χ3v) is 3.86. The van der Waals surface area contributed by atoms with Crippen LogP contribution in [0.2, 0.25) is 0 Å².